The lowest BCUT2D eigenvalue weighted by atomic mass is 10.0. The van der Waals surface area contributed by atoms with Crippen LogP contribution in [-0.2, 0) is 4.79 Å². The highest BCUT2D eigenvalue weighted by atomic mass is 32.2. The van der Waals surface area contributed by atoms with Crippen molar-refractivity contribution in [2.75, 3.05) is 17.9 Å². The Morgan fingerprint density at radius 1 is 1.15 bits per heavy atom. The van der Waals surface area contributed by atoms with Crippen molar-refractivity contribution in [2.24, 2.45) is 0 Å². The van der Waals surface area contributed by atoms with E-state index in [9.17, 15) is 4.79 Å². The van der Waals surface area contributed by atoms with Crippen molar-refractivity contribution >= 4 is 23.4 Å². The molecule has 8 heteroatoms. The summed E-state index contributed by atoms with van der Waals surface area (Å²) >= 11 is 1.41. The SMILES string of the molecule is COc1ccc(NC(=O)[C@@H]2Sc3nnc(C)n3N[C@@H]2c2ccccc2)cc1. The number of thioether (sulfide) groups is 1. The van der Waals surface area contributed by atoms with Gasteiger partial charge in [-0.3, -0.25) is 4.79 Å². The molecular formula is C19H19N5O2S. The summed E-state index contributed by atoms with van der Waals surface area (Å²) in [7, 11) is 1.61. The van der Waals surface area contributed by atoms with Crippen molar-refractivity contribution in [1.29, 1.82) is 0 Å². The second-order valence-corrected chi connectivity index (χ2v) is 7.25. The van der Waals surface area contributed by atoms with Crippen LogP contribution in [0.4, 0.5) is 5.69 Å². The standard InChI is InChI=1S/C19H19N5O2S/c1-12-21-22-19-24(12)23-16(13-6-4-3-5-7-13)17(27-19)18(25)20-14-8-10-15(26-2)11-9-14/h3-11,16-17,23H,1-2H3,(H,20,25)/t16-,17-/m1/s1. The van der Waals surface area contributed by atoms with Gasteiger partial charge >= 0.3 is 0 Å². The summed E-state index contributed by atoms with van der Waals surface area (Å²) in [5.41, 5.74) is 5.13. The molecule has 1 aliphatic heterocycles. The maximum atomic E-state index is 13.1. The molecular weight excluding hydrogens is 362 g/mol. The van der Waals surface area contributed by atoms with Crippen molar-refractivity contribution < 1.29 is 9.53 Å². The Morgan fingerprint density at radius 3 is 2.59 bits per heavy atom. The highest BCUT2D eigenvalue weighted by molar-refractivity contribution is 8.00. The molecule has 4 rings (SSSR count). The third-order valence-electron chi connectivity index (χ3n) is 4.37. The van der Waals surface area contributed by atoms with Crippen LogP contribution >= 0.6 is 11.8 Å². The topological polar surface area (TPSA) is 81.1 Å². The first-order valence-corrected chi connectivity index (χ1v) is 9.39. The van der Waals surface area contributed by atoms with E-state index in [1.165, 1.54) is 11.8 Å². The number of rotatable bonds is 4. The van der Waals surface area contributed by atoms with Crippen molar-refractivity contribution in [1.82, 2.24) is 14.9 Å². The van der Waals surface area contributed by atoms with Crippen LogP contribution in [0.2, 0.25) is 0 Å². The number of ether oxygens (including phenoxy) is 1. The van der Waals surface area contributed by atoms with Gasteiger partial charge in [0.2, 0.25) is 11.1 Å². The molecule has 2 heterocycles. The second-order valence-electron chi connectivity index (χ2n) is 6.14. The molecule has 0 spiro atoms. The van der Waals surface area contributed by atoms with E-state index < -0.39 is 5.25 Å². The number of anilines is 1. The number of benzene rings is 2. The van der Waals surface area contributed by atoms with E-state index in [1.807, 2.05) is 66.2 Å². The lowest BCUT2D eigenvalue weighted by Crippen LogP contribution is -2.41. The van der Waals surface area contributed by atoms with Gasteiger partial charge in [-0.25, -0.2) is 4.68 Å². The van der Waals surface area contributed by atoms with Crippen LogP contribution in [0.15, 0.2) is 59.8 Å². The molecule has 1 aromatic heterocycles. The average molecular weight is 381 g/mol. The van der Waals surface area contributed by atoms with E-state index in [2.05, 4.69) is 20.9 Å². The molecule has 0 saturated carbocycles. The number of aromatic nitrogens is 3. The fourth-order valence-electron chi connectivity index (χ4n) is 2.96. The predicted molar refractivity (Wildman–Crippen MR) is 105 cm³/mol. The summed E-state index contributed by atoms with van der Waals surface area (Å²) < 4.78 is 6.99. The van der Waals surface area contributed by atoms with E-state index in [4.69, 9.17) is 4.74 Å². The molecule has 7 nitrogen and oxygen atoms in total. The zero-order chi connectivity index (χ0) is 18.8. The van der Waals surface area contributed by atoms with Crippen LogP contribution in [0.3, 0.4) is 0 Å². The van der Waals surface area contributed by atoms with Crippen LogP contribution in [0.5, 0.6) is 5.75 Å². The first kappa shape index (κ1) is 17.4. The number of carbonyl (C=O) groups is 1. The summed E-state index contributed by atoms with van der Waals surface area (Å²) in [5, 5.41) is 11.5. The number of hydrogen-bond donors (Lipinski definition) is 2. The summed E-state index contributed by atoms with van der Waals surface area (Å²) in [6.07, 6.45) is 0. The maximum Gasteiger partial charge on any atom is 0.240 e. The highest BCUT2D eigenvalue weighted by Crippen LogP contribution is 2.37. The molecule has 3 aromatic rings. The van der Waals surface area contributed by atoms with Crippen molar-refractivity contribution in [3.8, 4) is 5.75 Å². The molecule has 0 unspecified atom stereocenters. The van der Waals surface area contributed by atoms with Crippen molar-refractivity contribution in [3.63, 3.8) is 0 Å². The third kappa shape index (κ3) is 3.48. The number of amides is 1. The summed E-state index contributed by atoms with van der Waals surface area (Å²) in [4.78, 5) is 13.1. The number of nitrogens with one attached hydrogen (secondary N) is 2. The lowest BCUT2D eigenvalue weighted by molar-refractivity contribution is -0.116. The highest BCUT2D eigenvalue weighted by Gasteiger charge is 2.37. The molecule has 0 radical (unpaired) electrons. The third-order valence-corrected chi connectivity index (χ3v) is 5.59. The zero-order valence-corrected chi connectivity index (χ0v) is 15.7. The quantitative estimate of drug-likeness (QED) is 0.723. The Kier molecular flexibility index (Phi) is 4.72. The van der Waals surface area contributed by atoms with E-state index in [-0.39, 0.29) is 11.9 Å². The molecule has 1 aliphatic rings. The Hall–Kier alpha value is -3.00. The predicted octanol–water partition coefficient (Wildman–Crippen LogP) is 2.99. The van der Waals surface area contributed by atoms with E-state index >= 15 is 0 Å². The number of fused-ring (bicyclic) bond motifs is 1. The molecule has 138 valence electrons. The van der Waals surface area contributed by atoms with Crippen LogP contribution in [0, 0.1) is 6.92 Å². The minimum Gasteiger partial charge on any atom is -0.497 e. The van der Waals surface area contributed by atoms with E-state index in [0.29, 0.717) is 5.16 Å². The first-order chi connectivity index (χ1) is 13.2. The fourth-order valence-corrected chi connectivity index (χ4v) is 4.08. The Bertz CT molecular complexity index is 942. The minimum atomic E-state index is -0.398. The monoisotopic (exact) mass is 381 g/mol. The second kappa shape index (κ2) is 7.32. The number of carbonyl (C=O) groups excluding carboxylic acids is 1. The zero-order valence-electron chi connectivity index (χ0n) is 14.9. The minimum absolute atomic E-state index is 0.0987. The van der Waals surface area contributed by atoms with Gasteiger partial charge in [0.25, 0.3) is 0 Å². The largest absolute Gasteiger partial charge is 0.497 e. The molecule has 0 bridgehead atoms. The van der Waals surface area contributed by atoms with Gasteiger partial charge in [0.05, 0.1) is 13.2 Å². The molecule has 1 amide bonds. The van der Waals surface area contributed by atoms with Gasteiger partial charge in [-0.05, 0) is 36.8 Å². The van der Waals surface area contributed by atoms with Gasteiger partial charge in [0, 0.05) is 5.69 Å². The van der Waals surface area contributed by atoms with Crippen molar-refractivity contribution in [3.05, 3.63) is 66.0 Å². The molecule has 0 fully saturated rings. The van der Waals surface area contributed by atoms with Gasteiger partial charge in [-0.15, -0.1) is 10.2 Å². The molecule has 2 aromatic carbocycles. The number of aryl methyl sites for hydroxylation is 1. The number of nitrogens with zero attached hydrogens (tertiary/aromatic N) is 3. The Morgan fingerprint density at radius 2 is 1.89 bits per heavy atom. The van der Waals surface area contributed by atoms with Crippen LogP contribution in [-0.4, -0.2) is 33.1 Å². The van der Waals surface area contributed by atoms with E-state index in [0.717, 1.165) is 22.8 Å². The molecule has 0 saturated heterocycles. The van der Waals surface area contributed by atoms with E-state index in [1.54, 1.807) is 7.11 Å². The fraction of sp³-hybridized carbons (Fsp3) is 0.211. The Labute approximate surface area is 161 Å². The molecule has 0 aliphatic carbocycles. The normalized spacial score (nSPS) is 18.3. The maximum absolute atomic E-state index is 13.1. The molecule has 27 heavy (non-hydrogen) atoms. The van der Waals surface area contributed by atoms with Crippen LogP contribution in [0.1, 0.15) is 17.4 Å². The smallest absolute Gasteiger partial charge is 0.240 e. The summed E-state index contributed by atoms with van der Waals surface area (Å²) in [6, 6.07) is 17.0. The Balaban J connectivity index is 1.62. The molecule has 2 N–H and O–H groups in total. The van der Waals surface area contributed by atoms with Gasteiger partial charge in [-0.1, -0.05) is 42.1 Å². The van der Waals surface area contributed by atoms with Crippen molar-refractivity contribution in [2.45, 2.75) is 23.4 Å². The lowest BCUT2D eigenvalue weighted by Gasteiger charge is -2.32. The van der Waals surface area contributed by atoms with Gasteiger partial charge in [0.15, 0.2) is 0 Å². The summed E-state index contributed by atoms with van der Waals surface area (Å²) in [5.74, 6) is 1.40. The molecule has 2 atom stereocenters. The number of hydrogen-bond acceptors (Lipinski definition) is 6. The van der Waals surface area contributed by atoms with Crippen LogP contribution in [0.25, 0.3) is 0 Å². The van der Waals surface area contributed by atoms with Gasteiger partial charge in [0.1, 0.15) is 16.8 Å². The van der Waals surface area contributed by atoms with Crippen LogP contribution < -0.4 is 15.5 Å². The summed E-state index contributed by atoms with van der Waals surface area (Å²) in [6.45, 7) is 1.88. The first-order valence-electron chi connectivity index (χ1n) is 8.51. The van der Waals surface area contributed by atoms with Gasteiger partial charge in [-0.2, -0.15) is 0 Å². The van der Waals surface area contributed by atoms with Gasteiger partial charge < -0.3 is 15.5 Å². The average Bonchev–Trinajstić information content (AvgIpc) is 3.08. The number of methoxy groups -OCH3 is 1.